The fourth-order valence-corrected chi connectivity index (χ4v) is 6.13. The number of benzene rings is 1. The van der Waals surface area contributed by atoms with Crippen molar-refractivity contribution in [3.05, 3.63) is 65.7 Å². The number of amides is 2. The Bertz CT molecular complexity index is 1060. The van der Waals surface area contributed by atoms with Crippen molar-refractivity contribution in [2.24, 2.45) is 5.41 Å². The van der Waals surface area contributed by atoms with Crippen LogP contribution in [-0.4, -0.2) is 56.5 Å². The van der Waals surface area contributed by atoms with Crippen molar-refractivity contribution in [2.75, 3.05) is 32.8 Å². The number of rotatable bonds is 4. The standard InChI is InChI=1S/C22H26N4O4S/c27-21(25-13-18-5-8-23-12-19(18)14-25)24-11-17-1-3-20(4-2-17)31(28,29)26-15-22(16-26)6-9-30-10-7-22/h1-5,8,12-13,23H,6-7,9-11,14-16H2,(H,24,27). The van der Waals surface area contributed by atoms with Gasteiger partial charge in [0.25, 0.3) is 0 Å². The first-order valence-corrected chi connectivity index (χ1v) is 11.9. The molecule has 4 aliphatic rings. The maximum Gasteiger partial charge on any atom is 0.322 e. The summed E-state index contributed by atoms with van der Waals surface area (Å²) in [5.41, 5.74) is 3.04. The molecule has 0 unspecified atom stereocenters. The Labute approximate surface area is 182 Å². The highest BCUT2D eigenvalue weighted by molar-refractivity contribution is 7.89. The quantitative estimate of drug-likeness (QED) is 0.743. The molecule has 1 aromatic rings. The van der Waals surface area contributed by atoms with Crippen LogP contribution >= 0.6 is 0 Å². The van der Waals surface area contributed by atoms with Gasteiger partial charge in [-0.1, -0.05) is 12.1 Å². The summed E-state index contributed by atoms with van der Waals surface area (Å²) in [6, 6.07) is 6.58. The van der Waals surface area contributed by atoms with E-state index in [9.17, 15) is 13.2 Å². The lowest BCUT2D eigenvalue weighted by Crippen LogP contribution is -2.60. The number of allylic oxidation sites excluding steroid dienone is 1. The molecule has 4 heterocycles. The molecule has 31 heavy (non-hydrogen) atoms. The van der Waals surface area contributed by atoms with Crippen LogP contribution in [-0.2, 0) is 21.3 Å². The Morgan fingerprint density at radius 1 is 1.16 bits per heavy atom. The van der Waals surface area contributed by atoms with Gasteiger partial charge in [-0.05, 0) is 47.8 Å². The van der Waals surface area contributed by atoms with Crippen LogP contribution in [0.2, 0.25) is 0 Å². The Morgan fingerprint density at radius 3 is 2.61 bits per heavy atom. The molecule has 5 rings (SSSR count). The molecule has 0 bridgehead atoms. The third-order valence-electron chi connectivity index (χ3n) is 6.47. The number of carbonyl (C=O) groups is 1. The summed E-state index contributed by atoms with van der Waals surface area (Å²) >= 11 is 0. The van der Waals surface area contributed by atoms with E-state index in [-0.39, 0.29) is 11.4 Å². The van der Waals surface area contributed by atoms with Gasteiger partial charge in [0, 0.05) is 56.9 Å². The average molecular weight is 443 g/mol. The summed E-state index contributed by atoms with van der Waals surface area (Å²) in [6.07, 6.45) is 9.33. The molecule has 0 atom stereocenters. The highest BCUT2D eigenvalue weighted by Crippen LogP contribution is 2.42. The van der Waals surface area contributed by atoms with Crippen molar-refractivity contribution >= 4 is 16.1 Å². The molecule has 0 aliphatic carbocycles. The predicted molar refractivity (Wildman–Crippen MR) is 115 cm³/mol. The first-order chi connectivity index (χ1) is 15.0. The number of carbonyl (C=O) groups excluding carboxylic acids is 1. The monoisotopic (exact) mass is 442 g/mol. The van der Waals surface area contributed by atoms with E-state index in [2.05, 4.69) is 10.6 Å². The zero-order chi connectivity index (χ0) is 21.5. The minimum Gasteiger partial charge on any atom is -0.381 e. The van der Waals surface area contributed by atoms with Gasteiger partial charge in [-0.25, -0.2) is 13.2 Å². The van der Waals surface area contributed by atoms with Gasteiger partial charge in [0.1, 0.15) is 0 Å². The number of nitrogens with one attached hydrogen (secondary N) is 2. The van der Waals surface area contributed by atoms with E-state index >= 15 is 0 Å². The number of dihydropyridines is 1. The molecule has 4 aliphatic heterocycles. The van der Waals surface area contributed by atoms with Crippen LogP contribution in [0, 0.1) is 5.41 Å². The van der Waals surface area contributed by atoms with Gasteiger partial charge in [0.2, 0.25) is 10.0 Å². The fraction of sp³-hybridized carbons (Fsp3) is 0.409. The van der Waals surface area contributed by atoms with Gasteiger partial charge in [-0.2, -0.15) is 4.31 Å². The fourth-order valence-electron chi connectivity index (χ4n) is 4.47. The lowest BCUT2D eigenvalue weighted by Gasteiger charge is -2.51. The molecule has 8 nitrogen and oxygen atoms in total. The first kappa shape index (κ1) is 20.3. The molecular weight excluding hydrogens is 416 g/mol. The highest BCUT2D eigenvalue weighted by atomic mass is 32.2. The summed E-state index contributed by atoms with van der Waals surface area (Å²) in [6.45, 7) is 3.44. The summed E-state index contributed by atoms with van der Waals surface area (Å²) in [5.74, 6) is 0. The normalized spacial score (nSPS) is 22.3. The van der Waals surface area contributed by atoms with Crippen LogP contribution in [0.3, 0.4) is 0 Å². The van der Waals surface area contributed by atoms with Crippen molar-refractivity contribution in [3.63, 3.8) is 0 Å². The Hall–Kier alpha value is -2.62. The second-order valence-electron chi connectivity index (χ2n) is 8.57. The Morgan fingerprint density at radius 2 is 1.90 bits per heavy atom. The molecule has 1 spiro atoms. The van der Waals surface area contributed by atoms with Gasteiger partial charge >= 0.3 is 6.03 Å². The molecule has 9 heteroatoms. The summed E-state index contributed by atoms with van der Waals surface area (Å²) in [4.78, 5) is 14.4. The average Bonchev–Trinajstić information content (AvgIpc) is 3.21. The van der Waals surface area contributed by atoms with Crippen LogP contribution < -0.4 is 10.6 Å². The molecular formula is C22H26N4O4S. The minimum absolute atomic E-state index is 0.0970. The number of fused-ring (bicyclic) bond motifs is 1. The highest BCUT2D eigenvalue weighted by Gasteiger charge is 2.48. The Balaban J connectivity index is 1.16. The Kier molecular flexibility index (Phi) is 5.11. The van der Waals surface area contributed by atoms with E-state index < -0.39 is 10.0 Å². The molecule has 1 aromatic carbocycles. The van der Waals surface area contributed by atoms with Crippen molar-refractivity contribution in [2.45, 2.75) is 24.3 Å². The molecule has 2 saturated heterocycles. The van der Waals surface area contributed by atoms with E-state index in [1.54, 1.807) is 33.5 Å². The topological polar surface area (TPSA) is 91.0 Å². The van der Waals surface area contributed by atoms with Crippen LogP contribution in [0.4, 0.5) is 4.79 Å². The number of hydrogen-bond acceptors (Lipinski definition) is 5. The molecule has 2 amide bonds. The van der Waals surface area contributed by atoms with E-state index in [1.807, 2.05) is 24.7 Å². The first-order valence-electron chi connectivity index (χ1n) is 10.5. The smallest absolute Gasteiger partial charge is 0.322 e. The zero-order valence-electron chi connectivity index (χ0n) is 17.2. The van der Waals surface area contributed by atoms with E-state index in [0.29, 0.717) is 44.3 Å². The summed E-state index contributed by atoms with van der Waals surface area (Å²) in [5, 5.41) is 5.92. The lowest BCUT2D eigenvalue weighted by molar-refractivity contribution is -0.0476. The van der Waals surface area contributed by atoms with Crippen molar-refractivity contribution in [3.8, 4) is 0 Å². The summed E-state index contributed by atoms with van der Waals surface area (Å²) in [7, 11) is -3.48. The van der Waals surface area contributed by atoms with Gasteiger partial charge in [-0.3, -0.25) is 4.90 Å². The van der Waals surface area contributed by atoms with Crippen molar-refractivity contribution < 1.29 is 17.9 Å². The van der Waals surface area contributed by atoms with Gasteiger partial charge < -0.3 is 15.4 Å². The van der Waals surface area contributed by atoms with Gasteiger partial charge in [0.05, 0.1) is 11.4 Å². The number of hydrogen-bond donors (Lipinski definition) is 2. The largest absolute Gasteiger partial charge is 0.381 e. The lowest BCUT2D eigenvalue weighted by atomic mass is 9.75. The molecule has 164 valence electrons. The minimum atomic E-state index is -3.48. The number of urea groups is 1. The van der Waals surface area contributed by atoms with Gasteiger partial charge in [0.15, 0.2) is 0 Å². The summed E-state index contributed by atoms with van der Waals surface area (Å²) < 4.78 is 32.8. The number of nitrogens with zero attached hydrogens (tertiary/aromatic N) is 2. The number of ether oxygens (including phenoxy) is 1. The third kappa shape index (κ3) is 3.88. The van der Waals surface area contributed by atoms with Crippen LogP contribution in [0.5, 0.6) is 0 Å². The predicted octanol–water partition coefficient (Wildman–Crippen LogP) is 1.90. The van der Waals surface area contributed by atoms with E-state index in [0.717, 1.165) is 29.6 Å². The van der Waals surface area contributed by atoms with Gasteiger partial charge in [-0.15, -0.1) is 0 Å². The third-order valence-corrected chi connectivity index (χ3v) is 8.27. The molecule has 0 saturated carbocycles. The maximum atomic E-state index is 12.9. The van der Waals surface area contributed by atoms with Crippen LogP contribution in [0.1, 0.15) is 18.4 Å². The maximum absolute atomic E-state index is 12.9. The van der Waals surface area contributed by atoms with Crippen LogP contribution in [0.15, 0.2) is 65.0 Å². The zero-order valence-corrected chi connectivity index (χ0v) is 18.0. The van der Waals surface area contributed by atoms with Crippen molar-refractivity contribution in [1.82, 2.24) is 19.8 Å². The van der Waals surface area contributed by atoms with Crippen molar-refractivity contribution in [1.29, 1.82) is 0 Å². The van der Waals surface area contributed by atoms with E-state index in [1.165, 1.54) is 0 Å². The SMILES string of the molecule is O=C(NCc1ccc(S(=O)(=O)N2CC3(CCOCC3)C2)cc1)N1C=C2C=CNC=C2C1. The molecule has 2 fully saturated rings. The molecule has 2 N–H and O–H groups in total. The molecule has 0 aromatic heterocycles. The second-order valence-corrected chi connectivity index (χ2v) is 10.5. The number of sulfonamides is 1. The van der Waals surface area contributed by atoms with E-state index in [4.69, 9.17) is 4.74 Å². The van der Waals surface area contributed by atoms with Crippen LogP contribution in [0.25, 0.3) is 0 Å². The second kappa shape index (κ2) is 7.81. The molecule has 0 radical (unpaired) electrons.